The predicted molar refractivity (Wildman–Crippen MR) is 112 cm³/mol. The summed E-state index contributed by atoms with van der Waals surface area (Å²) in [5.74, 6) is -3.49. The molecule has 0 aromatic heterocycles. The van der Waals surface area contributed by atoms with Crippen LogP contribution < -0.4 is 0 Å². The maximum absolute atomic E-state index is 12.4. The van der Waals surface area contributed by atoms with Crippen molar-refractivity contribution >= 4 is 11.9 Å². The summed E-state index contributed by atoms with van der Waals surface area (Å²) < 4.78 is 26.5. The van der Waals surface area contributed by atoms with Crippen LogP contribution in [0, 0.1) is 11.8 Å². The maximum Gasteiger partial charge on any atom is 0.309 e. The second kappa shape index (κ2) is 13.2. The van der Waals surface area contributed by atoms with Crippen LogP contribution in [-0.2, 0) is 33.3 Å². The van der Waals surface area contributed by atoms with E-state index >= 15 is 0 Å². The largest absolute Gasteiger partial charge is 0.469 e. The van der Waals surface area contributed by atoms with Gasteiger partial charge in [0.15, 0.2) is 6.29 Å². The zero-order valence-electron chi connectivity index (χ0n) is 19.7. The van der Waals surface area contributed by atoms with Crippen molar-refractivity contribution in [1.82, 2.24) is 0 Å². The Bertz CT molecular complexity index is 687. The Morgan fingerprint density at radius 3 is 1.94 bits per heavy atom. The fourth-order valence-corrected chi connectivity index (χ4v) is 4.27. The number of rotatable bonds is 10. The molecule has 0 radical (unpaired) electrons. The van der Waals surface area contributed by atoms with E-state index < -0.39 is 98.2 Å². The Kier molecular flexibility index (Phi) is 11.2. The lowest BCUT2D eigenvalue weighted by Gasteiger charge is -2.44. The van der Waals surface area contributed by atoms with Gasteiger partial charge in [-0.2, -0.15) is 0 Å². The molecule has 1 saturated carbocycles. The lowest BCUT2D eigenvalue weighted by molar-refractivity contribution is -0.322. The Hall–Kier alpha value is -1.46. The Morgan fingerprint density at radius 1 is 0.914 bits per heavy atom. The molecule has 7 N–H and O–H groups in total. The molecule has 2 fully saturated rings. The number of aliphatic hydroxyl groups excluding tert-OH is 7. The average molecular weight is 513 g/mol. The van der Waals surface area contributed by atoms with Crippen LogP contribution in [0.25, 0.3) is 0 Å². The number of carbonyl (C=O) groups is 2. The molecule has 1 aliphatic heterocycles. The van der Waals surface area contributed by atoms with E-state index in [1.807, 2.05) is 0 Å². The standard InChI is InChI=1S/C21H36O14/c1-8(23)15(25)11(24)7-33-12-4-9(19(29)31-2)10(20(30)32-3)5-13(12)34-21-18(28)17(27)16(26)14(6-22)35-21/h8-18,21-28H,4-7H2,1-3H3/t8?,9?,10-,11?,12-,13?,14?,15-,16+,17?,18?,21-/m0/s1. The van der Waals surface area contributed by atoms with Crippen LogP contribution in [0.3, 0.4) is 0 Å². The van der Waals surface area contributed by atoms with Crippen molar-refractivity contribution < 1.29 is 69.0 Å². The monoisotopic (exact) mass is 512 g/mol. The fraction of sp³-hybridized carbons (Fsp3) is 0.905. The van der Waals surface area contributed by atoms with Crippen molar-refractivity contribution in [3.63, 3.8) is 0 Å². The van der Waals surface area contributed by atoms with E-state index in [1.165, 1.54) is 6.92 Å². The van der Waals surface area contributed by atoms with Gasteiger partial charge in [0.1, 0.15) is 36.6 Å². The van der Waals surface area contributed by atoms with Gasteiger partial charge in [-0.1, -0.05) is 0 Å². The summed E-state index contributed by atoms with van der Waals surface area (Å²) in [5.41, 5.74) is 0. The Labute approximate surface area is 201 Å². The quantitative estimate of drug-likeness (QED) is 0.139. The third-order valence-corrected chi connectivity index (χ3v) is 6.41. The molecule has 1 aliphatic carbocycles. The van der Waals surface area contributed by atoms with Gasteiger partial charge in [0.25, 0.3) is 0 Å². The van der Waals surface area contributed by atoms with E-state index in [4.69, 9.17) is 23.7 Å². The van der Waals surface area contributed by atoms with Crippen LogP contribution in [0.1, 0.15) is 19.8 Å². The van der Waals surface area contributed by atoms with Crippen molar-refractivity contribution in [2.45, 2.75) is 81.0 Å². The number of aliphatic hydroxyl groups is 7. The van der Waals surface area contributed by atoms with Crippen molar-refractivity contribution in [3.05, 3.63) is 0 Å². The molecule has 0 spiro atoms. The minimum atomic E-state index is -1.73. The van der Waals surface area contributed by atoms with E-state index in [1.54, 1.807) is 0 Å². The predicted octanol–water partition coefficient (Wildman–Crippen LogP) is -3.97. The Balaban J connectivity index is 2.27. The number of methoxy groups -OCH3 is 2. The van der Waals surface area contributed by atoms with Gasteiger partial charge in [0.2, 0.25) is 0 Å². The van der Waals surface area contributed by atoms with Gasteiger partial charge in [0, 0.05) is 0 Å². The summed E-state index contributed by atoms with van der Waals surface area (Å²) in [5, 5.41) is 69.2. The van der Waals surface area contributed by atoms with Crippen molar-refractivity contribution in [2.75, 3.05) is 27.4 Å². The van der Waals surface area contributed by atoms with E-state index in [-0.39, 0.29) is 12.8 Å². The summed E-state index contributed by atoms with van der Waals surface area (Å²) in [6.07, 6.45) is -14.5. The first kappa shape index (κ1) is 29.8. The minimum Gasteiger partial charge on any atom is -0.469 e. The van der Waals surface area contributed by atoms with Crippen molar-refractivity contribution in [2.24, 2.45) is 11.8 Å². The van der Waals surface area contributed by atoms with Crippen molar-refractivity contribution in [3.8, 4) is 0 Å². The second-order valence-corrected chi connectivity index (χ2v) is 8.77. The minimum absolute atomic E-state index is 0.147. The van der Waals surface area contributed by atoms with Crippen LogP contribution in [0.15, 0.2) is 0 Å². The molecular formula is C21H36O14. The van der Waals surface area contributed by atoms with Gasteiger partial charge in [-0.3, -0.25) is 9.59 Å². The number of esters is 2. The van der Waals surface area contributed by atoms with E-state index in [2.05, 4.69) is 0 Å². The highest BCUT2D eigenvalue weighted by Gasteiger charge is 2.50. The summed E-state index contributed by atoms with van der Waals surface area (Å²) >= 11 is 0. The first-order chi connectivity index (χ1) is 16.5. The van der Waals surface area contributed by atoms with E-state index in [9.17, 15) is 45.3 Å². The maximum atomic E-state index is 12.4. The molecule has 204 valence electrons. The summed E-state index contributed by atoms with van der Waals surface area (Å²) in [6, 6.07) is 0. The van der Waals surface area contributed by atoms with Gasteiger partial charge in [-0.05, 0) is 19.8 Å². The number of hydrogen-bond acceptors (Lipinski definition) is 14. The van der Waals surface area contributed by atoms with Crippen molar-refractivity contribution in [1.29, 1.82) is 0 Å². The van der Waals surface area contributed by atoms with Gasteiger partial charge < -0.3 is 59.4 Å². The van der Waals surface area contributed by atoms with E-state index in [0.717, 1.165) is 14.2 Å². The molecule has 0 amide bonds. The van der Waals surface area contributed by atoms with Gasteiger partial charge >= 0.3 is 11.9 Å². The third kappa shape index (κ3) is 7.07. The zero-order valence-corrected chi connectivity index (χ0v) is 19.7. The third-order valence-electron chi connectivity index (χ3n) is 6.41. The average Bonchev–Trinajstić information content (AvgIpc) is 2.85. The molecule has 14 nitrogen and oxygen atoms in total. The molecule has 1 saturated heterocycles. The second-order valence-electron chi connectivity index (χ2n) is 8.77. The highest BCUT2D eigenvalue weighted by molar-refractivity contribution is 5.82. The first-order valence-corrected chi connectivity index (χ1v) is 11.2. The summed E-state index contributed by atoms with van der Waals surface area (Å²) in [4.78, 5) is 24.8. The lowest BCUT2D eigenvalue weighted by atomic mass is 9.76. The highest BCUT2D eigenvalue weighted by atomic mass is 16.7. The molecule has 0 aromatic rings. The number of hydrogen-bond donors (Lipinski definition) is 7. The van der Waals surface area contributed by atoms with Crippen LogP contribution in [-0.4, -0.2) is 136 Å². The fourth-order valence-electron chi connectivity index (χ4n) is 4.27. The molecule has 2 aliphatic rings. The van der Waals surface area contributed by atoms with Crippen LogP contribution >= 0.6 is 0 Å². The molecule has 0 aromatic carbocycles. The molecule has 35 heavy (non-hydrogen) atoms. The highest BCUT2D eigenvalue weighted by Crippen LogP contribution is 2.37. The number of carbonyl (C=O) groups excluding carboxylic acids is 2. The van der Waals surface area contributed by atoms with Gasteiger partial charge in [0.05, 0.1) is 57.6 Å². The molecule has 14 heteroatoms. The van der Waals surface area contributed by atoms with E-state index in [0.29, 0.717) is 0 Å². The molecule has 7 unspecified atom stereocenters. The van der Waals surface area contributed by atoms with Gasteiger partial charge in [-0.25, -0.2) is 0 Å². The molecule has 0 bridgehead atoms. The SMILES string of the molecule is COC(=O)C1C[C@H](OCC(O)[C@@H](O)C(C)O)C(O[C@H]2OC(CO)[C@@H](O)C(O)C2O)C[C@@H]1C(=O)OC. The topological polar surface area (TPSA) is 222 Å². The number of ether oxygens (including phenoxy) is 5. The normalized spacial score (nSPS) is 38.3. The van der Waals surface area contributed by atoms with Crippen LogP contribution in [0.5, 0.6) is 0 Å². The smallest absolute Gasteiger partial charge is 0.309 e. The molecule has 12 atom stereocenters. The molecule has 1 heterocycles. The molecule has 2 rings (SSSR count). The Morgan fingerprint density at radius 2 is 1.46 bits per heavy atom. The zero-order chi connectivity index (χ0) is 26.4. The van der Waals surface area contributed by atoms with Crippen LogP contribution in [0.2, 0.25) is 0 Å². The summed E-state index contributed by atoms with van der Waals surface area (Å²) in [7, 11) is 2.28. The van der Waals surface area contributed by atoms with Crippen LogP contribution in [0.4, 0.5) is 0 Å². The summed E-state index contributed by atoms with van der Waals surface area (Å²) in [6.45, 7) is 0.101. The lowest BCUT2D eigenvalue weighted by Crippen LogP contribution is -2.61. The molecular weight excluding hydrogens is 476 g/mol. The van der Waals surface area contributed by atoms with Gasteiger partial charge in [-0.15, -0.1) is 0 Å². The first-order valence-electron chi connectivity index (χ1n) is 11.2.